The normalized spacial score (nSPS) is 15.5. The topological polar surface area (TPSA) is 18.5 Å². The lowest BCUT2D eigenvalue weighted by atomic mass is 10.0. The highest BCUT2D eigenvalue weighted by Crippen LogP contribution is 2.32. The Kier molecular flexibility index (Phi) is 2.85. The average Bonchev–Trinajstić information content (AvgIpc) is 3.01. The van der Waals surface area contributed by atoms with Gasteiger partial charge in [-0.25, -0.2) is 0 Å². The fourth-order valence-corrected chi connectivity index (χ4v) is 1.49. The zero-order valence-corrected chi connectivity index (χ0v) is 9.62. The van der Waals surface area contributed by atoms with Crippen LogP contribution in [0.25, 0.3) is 0 Å². The summed E-state index contributed by atoms with van der Waals surface area (Å²) in [7, 11) is 1.69. The average molecular weight is 206 g/mol. The minimum atomic E-state index is 0.442. The van der Waals surface area contributed by atoms with Gasteiger partial charge in [0.2, 0.25) is 0 Å². The molecule has 0 aromatic heterocycles. The predicted molar refractivity (Wildman–Crippen MR) is 60.7 cm³/mol. The second-order valence-electron chi connectivity index (χ2n) is 4.41. The number of hydrogen-bond donors (Lipinski definition) is 0. The van der Waals surface area contributed by atoms with Crippen LogP contribution in [-0.2, 0) is 0 Å². The molecule has 1 fully saturated rings. The van der Waals surface area contributed by atoms with Crippen molar-refractivity contribution in [2.45, 2.75) is 38.7 Å². The third kappa shape index (κ3) is 2.65. The minimum Gasteiger partial charge on any atom is -0.497 e. The molecule has 1 aromatic carbocycles. The van der Waals surface area contributed by atoms with E-state index in [1.165, 1.54) is 18.4 Å². The van der Waals surface area contributed by atoms with E-state index in [0.29, 0.717) is 12.0 Å². The summed E-state index contributed by atoms with van der Waals surface area (Å²) in [6.45, 7) is 4.35. The van der Waals surface area contributed by atoms with Crippen LogP contribution in [0, 0.1) is 0 Å². The molecule has 2 heteroatoms. The van der Waals surface area contributed by atoms with Gasteiger partial charge in [-0.15, -0.1) is 0 Å². The summed E-state index contributed by atoms with van der Waals surface area (Å²) in [5, 5.41) is 0. The largest absolute Gasteiger partial charge is 0.497 e. The highest BCUT2D eigenvalue weighted by atomic mass is 16.5. The summed E-state index contributed by atoms with van der Waals surface area (Å²) in [6, 6.07) is 6.15. The van der Waals surface area contributed by atoms with Crippen LogP contribution < -0.4 is 9.47 Å². The van der Waals surface area contributed by atoms with Crippen LogP contribution >= 0.6 is 0 Å². The summed E-state index contributed by atoms with van der Waals surface area (Å²) >= 11 is 0. The first-order valence-electron chi connectivity index (χ1n) is 5.54. The van der Waals surface area contributed by atoms with E-state index in [-0.39, 0.29) is 0 Å². The van der Waals surface area contributed by atoms with Crippen molar-refractivity contribution in [1.82, 2.24) is 0 Å². The first kappa shape index (κ1) is 10.3. The smallest absolute Gasteiger partial charge is 0.123 e. The molecule has 1 aromatic rings. The summed E-state index contributed by atoms with van der Waals surface area (Å²) in [6.07, 6.45) is 2.82. The van der Waals surface area contributed by atoms with Crippen molar-refractivity contribution in [2.24, 2.45) is 0 Å². The van der Waals surface area contributed by atoms with Crippen LogP contribution in [0.15, 0.2) is 18.2 Å². The molecule has 2 nitrogen and oxygen atoms in total. The Hall–Kier alpha value is -1.18. The standard InChI is InChI=1S/C13H18O2/c1-9(2)10-6-12(14-3)8-13(7-10)15-11-4-5-11/h6-9,11H,4-5H2,1-3H3. The van der Waals surface area contributed by atoms with Crippen molar-refractivity contribution < 1.29 is 9.47 Å². The Balaban J connectivity index is 2.23. The molecule has 0 bridgehead atoms. The van der Waals surface area contributed by atoms with Crippen molar-refractivity contribution in [3.05, 3.63) is 23.8 Å². The fraction of sp³-hybridized carbons (Fsp3) is 0.538. The summed E-state index contributed by atoms with van der Waals surface area (Å²) < 4.78 is 11.0. The minimum absolute atomic E-state index is 0.442. The maximum atomic E-state index is 5.78. The van der Waals surface area contributed by atoms with Gasteiger partial charge in [0.1, 0.15) is 11.5 Å². The van der Waals surface area contributed by atoms with Gasteiger partial charge in [-0.05, 0) is 36.5 Å². The number of ether oxygens (including phenoxy) is 2. The molecule has 0 radical (unpaired) electrons. The lowest BCUT2D eigenvalue weighted by Gasteiger charge is -2.12. The molecule has 0 amide bonds. The van der Waals surface area contributed by atoms with Gasteiger partial charge in [-0.1, -0.05) is 13.8 Å². The maximum absolute atomic E-state index is 5.78. The van der Waals surface area contributed by atoms with Gasteiger partial charge in [-0.2, -0.15) is 0 Å². The van der Waals surface area contributed by atoms with E-state index in [4.69, 9.17) is 9.47 Å². The summed E-state index contributed by atoms with van der Waals surface area (Å²) in [5.41, 5.74) is 1.27. The predicted octanol–water partition coefficient (Wildman–Crippen LogP) is 3.36. The summed E-state index contributed by atoms with van der Waals surface area (Å²) in [5.74, 6) is 2.33. The molecule has 0 atom stereocenters. The van der Waals surface area contributed by atoms with E-state index in [0.717, 1.165) is 11.5 Å². The molecule has 15 heavy (non-hydrogen) atoms. The molecule has 0 unspecified atom stereocenters. The first-order valence-corrected chi connectivity index (χ1v) is 5.54. The number of hydrogen-bond acceptors (Lipinski definition) is 2. The molecule has 0 saturated heterocycles. The van der Waals surface area contributed by atoms with Crippen LogP contribution in [0.4, 0.5) is 0 Å². The van der Waals surface area contributed by atoms with Gasteiger partial charge < -0.3 is 9.47 Å². The third-order valence-electron chi connectivity index (χ3n) is 2.63. The second-order valence-corrected chi connectivity index (χ2v) is 4.41. The third-order valence-corrected chi connectivity index (χ3v) is 2.63. The van der Waals surface area contributed by atoms with E-state index < -0.39 is 0 Å². The molecular weight excluding hydrogens is 188 g/mol. The molecule has 0 spiro atoms. The molecule has 0 aliphatic heterocycles. The highest BCUT2D eigenvalue weighted by Gasteiger charge is 2.23. The van der Waals surface area contributed by atoms with Crippen molar-refractivity contribution in [1.29, 1.82) is 0 Å². The Morgan fingerprint density at radius 2 is 1.80 bits per heavy atom. The fourth-order valence-electron chi connectivity index (χ4n) is 1.49. The van der Waals surface area contributed by atoms with Crippen molar-refractivity contribution in [3.63, 3.8) is 0 Å². The molecule has 2 rings (SSSR count). The van der Waals surface area contributed by atoms with Crippen LogP contribution in [0.2, 0.25) is 0 Å². The molecule has 1 aliphatic carbocycles. The molecule has 0 N–H and O–H groups in total. The molecular formula is C13H18O2. The first-order chi connectivity index (χ1) is 7.19. The van der Waals surface area contributed by atoms with E-state index in [1.54, 1.807) is 7.11 Å². The van der Waals surface area contributed by atoms with E-state index >= 15 is 0 Å². The van der Waals surface area contributed by atoms with Gasteiger partial charge in [0.05, 0.1) is 13.2 Å². The van der Waals surface area contributed by atoms with Crippen LogP contribution in [0.1, 0.15) is 38.2 Å². The Morgan fingerprint density at radius 1 is 1.13 bits per heavy atom. The lowest BCUT2D eigenvalue weighted by molar-refractivity contribution is 0.300. The van der Waals surface area contributed by atoms with Crippen LogP contribution in [0.3, 0.4) is 0 Å². The molecule has 1 saturated carbocycles. The Morgan fingerprint density at radius 3 is 2.33 bits per heavy atom. The Bertz CT molecular complexity index is 340. The number of benzene rings is 1. The van der Waals surface area contributed by atoms with E-state index in [9.17, 15) is 0 Å². The summed E-state index contributed by atoms with van der Waals surface area (Å²) in [4.78, 5) is 0. The van der Waals surface area contributed by atoms with Crippen molar-refractivity contribution >= 4 is 0 Å². The van der Waals surface area contributed by atoms with Gasteiger partial charge in [0.15, 0.2) is 0 Å². The van der Waals surface area contributed by atoms with Crippen molar-refractivity contribution in [3.8, 4) is 11.5 Å². The zero-order chi connectivity index (χ0) is 10.8. The van der Waals surface area contributed by atoms with Gasteiger partial charge >= 0.3 is 0 Å². The quantitative estimate of drug-likeness (QED) is 0.752. The molecule has 0 heterocycles. The van der Waals surface area contributed by atoms with E-state index in [2.05, 4.69) is 26.0 Å². The zero-order valence-electron chi connectivity index (χ0n) is 9.62. The SMILES string of the molecule is COc1cc(OC2CC2)cc(C(C)C)c1. The highest BCUT2D eigenvalue weighted by molar-refractivity contribution is 5.40. The molecule has 1 aliphatic rings. The number of rotatable bonds is 4. The number of methoxy groups -OCH3 is 1. The van der Waals surface area contributed by atoms with Crippen LogP contribution in [-0.4, -0.2) is 13.2 Å². The van der Waals surface area contributed by atoms with Crippen LogP contribution in [0.5, 0.6) is 11.5 Å². The monoisotopic (exact) mass is 206 g/mol. The van der Waals surface area contributed by atoms with E-state index in [1.807, 2.05) is 6.07 Å². The molecule has 82 valence electrons. The Labute approximate surface area is 91.2 Å². The maximum Gasteiger partial charge on any atom is 0.123 e. The van der Waals surface area contributed by atoms with Crippen molar-refractivity contribution in [2.75, 3.05) is 7.11 Å². The van der Waals surface area contributed by atoms with Gasteiger partial charge in [0.25, 0.3) is 0 Å². The lowest BCUT2D eigenvalue weighted by Crippen LogP contribution is -1.98. The second kappa shape index (κ2) is 4.13. The van der Waals surface area contributed by atoms with Gasteiger partial charge in [-0.3, -0.25) is 0 Å². The van der Waals surface area contributed by atoms with Gasteiger partial charge in [0, 0.05) is 6.07 Å².